The molecule has 2 aromatic rings. The molecule has 0 aliphatic carbocycles. The molecule has 1 aromatic carbocycles. The fourth-order valence-electron chi connectivity index (χ4n) is 1.08. The quantitative estimate of drug-likeness (QED) is 0.848. The Hall–Kier alpha value is -1.14. The van der Waals surface area contributed by atoms with Gasteiger partial charge < -0.3 is 10.5 Å². The van der Waals surface area contributed by atoms with Crippen molar-refractivity contribution in [2.24, 2.45) is 0 Å². The summed E-state index contributed by atoms with van der Waals surface area (Å²) in [6.45, 7) is 0. The lowest BCUT2D eigenvalue weighted by molar-refractivity contribution is 0.441. The molecule has 0 amide bonds. The van der Waals surface area contributed by atoms with E-state index in [0.29, 0.717) is 11.4 Å². The van der Waals surface area contributed by atoms with Gasteiger partial charge in [-0.2, -0.15) is 0 Å². The second kappa shape index (κ2) is 4.80. The molecule has 0 aliphatic heterocycles. The van der Waals surface area contributed by atoms with E-state index in [1.165, 1.54) is 0 Å². The molecule has 0 unspecified atom stereocenters. The third-order valence-corrected chi connectivity index (χ3v) is 2.82. The van der Waals surface area contributed by atoms with E-state index in [0.717, 1.165) is 8.95 Å². The summed E-state index contributed by atoms with van der Waals surface area (Å²) < 4.78 is 7.03. The smallest absolute Gasteiger partial charge is 0.322 e. The average Bonchev–Trinajstić information content (AvgIpc) is 2.26. The summed E-state index contributed by atoms with van der Waals surface area (Å²) in [4.78, 5) is 8.00. The van der Waals surface area contributed by atoms with Crippen LogP contribution in [-0.2, 0) is 0 Å². The van der Waals surface area contributed by atoms with Crippen molar-refractivity contribution in [2.45, 2.75) is 0 Å². The zero-order valence-corrected chi connectivity index (χ0v) is 11.2. The maximum absolute atomic E-state index is 5.78. The standard InChI is InChI=1S/C10H7Br2N3O/c11-6-4-14-10(15-5-6)16-9-7(12)2-1-3-8(9)13/h1-5H,13H2. The Morgan fingerprint density at radius 1 is 1.12 bits per heavy atom. The van der Waals surface area contributed by atoms with Crippen molar-refractivity contribution in [2.75, 3.05) is 5.73 Å². The summed E-state index contributed by atoms with van der Waals surface area (Å²) in [7, 11) is 0. The number of halogens is 2. The summed E-state index contributed by atoms with van der Waals surface area (Å²) in [6, 6.07) is 5.67. The number of nitrogen functional groups attached to an aromatic ring is 1. The van der Waals surface area contributed by atoms with Crippen LogP contribution in [0.3, 0.4) is 0 Å². The molecular formula is C10H7Br2N3O. The number of para-hydroxylation sites is 1. The Balaban J connectivity index is 2.30. The van der Waals surface area contributed by atoms with Gasteiger partial charge in [0.15, 0.2) is 5.75 Å². The summed E-state index contributed by atoms with van der Waals surface area (Å²) in [5.41, 5.74) is 6.31. The van der Waals surface area contributed by atoms with E-state index in [-0.39, 0.29) is 6.01 Å². The third-order valence-electron chi connectivity index (χ3n) is 1.79. The van der Waals surface area contributed by atoms with Gasteiger partial charge in [0, 0.05) is 12.4 Å². The summed E-state index contributed by atoms with van der Waals surface area (Å²) in [5.74, 6) is 0.518. The fraction of sp³-hybridized carbons (Fsp3) is 0. The van der Waals surface area contributed by atoms with E-state index in [1.54, 1.807) is 18.5 Å². The second-order valence-corrected chi connectivity index (χ2v) is 4.71. The molecule has 0 spiro atoms. The number of nitrogens with zero attached hydrogens (tertiary/aromatic N) is 2. The van der Waals surface area contributed by atoms with E-state index in [1.807, 2.05) is 12.1 Å². The van der Waals surface area contributed by atoms with Crippen LogP contribution in [0.4, 0.5) is 5.69 Å². The van der Waals surface area contributed by atoms with Gasteiger partial charge in [0.2, 0.25) is 0 Å². The molecule has 0 bridgehead atoms. The van der Waals surface area contributed by atoms with Crippen molar-refractivity contribution in [3.8, 4) is 11.8 Å². The van der Waals surface area contributed by atoms with Crippen LogP contribution in [0, 0.1) is 0 Å². The maximum Gasteiger partial charge on any atom is 0.322 e. The number of anilines is 1. The van der Waals surface area contributed by atoms with E-state index in [9.17, 15) is 0 Å². The number of benzene rings is 1. The van der Waals surface area contributed by atoms with E-state index in [4.69, 9.17) is 10.5 Å². The molecule has 0 saturated carbocycles. The molecule has 4 nitrogen and oxygen atoms in total. The minimum absolute atomic E-state index is 0.252. The van der Waals surface area contributed by atoms with Crippen molar-refractivity contribution in [3.05, 3.63) is 39.5 Å². The lowest BCUT2D eigenvalue weighted by Crippen LogP contribution is -1.96. The van der Waals surface area contributed by atoms with Crippen LogP contribution in [0.1, 0.15) is 0 Å². The number of hydrogen-bond acceptors (Lipinski definition) is 4. The first-order valence-electron chi connectivity index (χ1n) is 4.36. The highest BCUT2D eigenvalue weighted by atomic mass is 79.9. The lowest BCUT2D eigenvalue weighted by Gasteiger charge is -2.08. The third kappa shape index (κ3) is 2.51. The van der Waals surface area contributed by atoms with Gasteiger partial charge in [0.1, 0.15) is 0 Å². The van der Waals surface area contributed by atoms with Gasteiger partial charge in [-0.05, 0) is 44.0 Å². The first kappa shape index (κ1) is 11.3. The first-order valence-corrected chi connectivity index (χ1v) is 5.95. The number of rotatable bonds is 2. The van der Waals surface area contributed by atoms with Crippen molar-refractivity contribution >= 4 is 37.5 Å². The minimum Gasteiger partial charge on any atom is -0.421 e. The van der Waals surface area contributed by atoms with Crippen LogP contribution >= 0.6 is 31.9 Å². The fourth-order valence-corrected chi connectivity index (χ4v) is 1.74. The lowest BCUT2D eigenvalue weighted by atomic mass is 10.3. The second-order valence-electron chi connectivity index (χ2n) is 2.94. The predicted molar refractivity (Wildman–Crippen MR) is 68.4 cm³/mol. The molecule has 0 saturated heterocycles. The molecule has 0 fully saturated rings. The summed E-state index contributed by atoms with van der Waals surface area (Å²) in [5, 5.41) is 0. The monoisotopic (exact) mass is 343 g/mol. The van der Waals surface area contributed by atoms with Crippen LogP contribution < -0.4 is 10.5 Å². The van der Waals surface area contributed by atoms with Gasteiger partial charge in [-0.25, -0.2) is 9.97 Å². The Kier molecular flexibility index (Phi) is 3.40. The van der Waals surface area contributed by atoms with Crippen molar-refractivity contribution in [3.63, 3.8) is 0 Å². The Morgan fingerprint density at radius 3 is 2.44 bits per heavy atom. The number of ether oxygens (including phenoxy) is 1. The van der Waals surface area contributed by atoms with Gasteiger partial charge in [0.25, 0.3) is 0 Å². The topological polar surface area (TPSA) is 61.0 Å². The zero-order chi connectivity index (χ0) is 11.5. The van der Waals surface area contributed by atoms with Crippen molar-refractivity contribution in [1.29, 1.82) is 0 Å². The van der Waals surface area contributed by atoms with Crippen LogP contribution in [0.25, 0.3) is 0 Å². The molecule has 1 heterocycles. The molecule has 6 heteroatoms. The maximum atomic E-state index is 5.78. The van der Waals surface area contributed by atoms with Gasteiger partial charge in [-0.15, -0.1) is 0 Å². The highest BCUT2D eigenvalue weighted by Gasteiger charge is 2.08. The SMILES string of the molecule is Nc1cccc(Br)c1Oc1ncc(Br)cn1. The zero-order valence-electron chi connectivity index (χ0n) is 8.02. The Morgan fingerprint density at radius 2 is 1.81 bits per heavy atom. The largest absolute Gasteiger partial charge is 0.421 e. The molecule has 16 heavy (non-hydrogen) atoms. The van der Waals surface area contributed by atoms with E-state index >= 15 is 0 Å². The summed E-state index contributed by atoms with van der Waals surface area (Å²) >= 11 is 6.59. The van der Waals surface area contributed by atoms with Crippen molar-refractivity contribution in [1.82, 2.24) is 9.97 Å². The summed E-state index contributed by atoms with van der Waals surface area (Å²) in [6.07, 6.45) is 3.21. The molecule has 82 valence electrons. The van der Waals surface area contributed by atoms with Crippen LogP contribution in [0.2, 0.25) is 0 Å². The first-order chi connectivity index (χ1) is 7.66. The molecule has 2 N–H and O–H groups in total. The highest BCUT2D eigenvalue weighted by molar-refractivity contribution is 9.10. The molecule has 0 radical (unpaired) electrons. The van der Waals surface area contributed by atoms with Gasteiger partial charge in [0.05, 0.1) is 14.6 Å². The number of hydrogen-bond donors (Lipinski definition) is 1. The number of nitrogens with two attached hydrogens (primary N) is 1. The van der Waals surface area contributed by atoms with Crippen LogP contribution in [0.15, 0.2) is 39.5 Å². The minimum atomic E-state index is 0.252. The average molecular weight is 345 g/mol. The van der Waals surface area contributed by atoms with Crippen molar-refractivity contribution < 1.29 is 4.74 Å². The highest BCUT2D eigenvalue weighted by Crippen LogP contribution is 2.33. The van der Waals surface area contributed by atoms with Gasteiger partial charge in [-0.3, -0.25) is 0 Å². The van der Waals surface area contributed by atoms with Crippen LogP contribution in [0.5, 0.6) is 11.8 Å². The molecule has 1 aromatic heterocycles. The normalized spacial score (nSPS) is 10.1. The molecular weight excluding hydrogens is 338 g/mol. The van der Waals surface area contributed by atoms with E-state index < -0.39 is 0 Å². The Labute approximate surface area is 109 Å². The molecule has 0 aliphatic rings. The van der Waals surface area contributed by atoms with Gasteiger partial charge in [-0.1, -0.05) is 6.07 Å². The Bertz CT molecular complexity index is 482. The number of aromatic nitrogens is 2. The van der Waals surface area contributed by atoms with Crippen LogP contribution in [-0.4, -0.2) is 9.97 Å². The predicted octanol–water partition coefficient (Wildman–Crippen LogP) is 3.38. The van der Waals surface area contributed by atoms with Gasteiger partial charge >= 0.3 is 6.01 Å². The molecule has 0 atom stereocenters. The van der Waals surface area contributed by atoms with E-state index in [2.05, 4.69) is 41.8 Å². The molecule has 2 rings (SSSR count).